The van der Waals surface area contributed by atoms with Crippen molar-refractivity contribution < 1.29 is 4.52 Å². The fraction of sp³-hybridized carbons (Fsp3) is 0.250. The van der Waals surface area contributed by atoms with Crippen LogP contribution in [0, 0.1) is 5.92 Å². The van der Waals surface area contributed by atoms with E-state index < -0.39 is 0 Å². The number of H-pyrrole nitrogens is 1. The van der Waals surface area contributed by atoms with Gasteiger partial charge in [-0.05, 0) is 37.0 Å². The average Bonchev–Trinajstić information content (AvgIpc) is 3.01. The van der Waals surface area contributed by atoms with Gasteiger partial charge in [-0.15, -0.1) is 11.3 Å². The van der Waals surface area contributed by atoms with Gasteiger partial charge in [0.2, 0.25) is 5.82 Å². The largest absolute Gasteiger partial charge is 0.334 e. The quantitative estimate of drug-likeness (QED) is 0.617. The minimum absolute atomic E-state index is 0.0669. The monoisotopic (exact) mass is 339 g/mol. The number of aromatic amines is 1. The van der Waals surface area contributed by atoms with Gasteiger partial charge in [0.05, 0.1) is 16.5 Å². The molecule has 1 saturated carbocycles. The average molecular weight is 339 g/mol. The lowest BCUT2D eigenvalue weighted by atomic mass is 10.2. The third-order valence-electron chi connectivity index (χ3n) is 4.25. The molecule has 0 aliphatic heterocycles. The molecule has 1 aliphatic carbocycles. The number of thiazole rings is 1. The molecule has 0 amide bonds. The van der Waals surface area contributed by atoms with Gasteiger partial charge in [-0.2, -0.15) is 4.98 Å². The zero-order valence-corrected chi connectivity index (χ0v) is 13.4. The Labute approximate surface area is 140 Å². The second-order valence-corrected chi connectivity index (χ2v) is 6.73. The molecule has 24 heavy (non-hydrogen) atoms. The predicted molar refractivity (Wildman–Crippen MR) is 89.7 cm³/mol. The summed E-state index contributed by atoms with van der Waals surface area (Å²) >= 11 is 1.48. The molecule has 1 fully saturated rings. The highest BCUT2D eigenvalue weighted by atomic mass is 32.1. The van der Waals surface area contributed by atoms with E-state index in [-0.39, 0.29) is 5.69 Å². The molecule has 8 heteroatoms. The summed E-state index contributed by atoms with van der Waals surface area (Å²) in [6, 6.07) is 5.70. The molecule has 0 radical (unpaired) electrons. The summed E-state index contributed by atoms with van der Waals surface area (Å²) in [5, 5.41) is 5.83. The van der Waals surface area contributed by atoms with Crippen LogP contribution in [0.2, 0.25) is 0 Å². The minimum Gasteiger partial charge on any atom is -0.334 e. The lowest BCUT2D eigenvalue weighted by Crippen LogP contribution is -2.17. The maximum Gasteiger partial charge on any atom is 0.326 e. The molecule has 1 aromatic carbocycles. The van der Waals surface area contributed by atoms with Gasteiger partial charge in [-0.1, -0.05) is 5.16 Å². The van der Waals surface area contributed by atoms with Crippen molar-refractivity contribution in [3.8, 4) is 23.0 Å². The van der Waals surface area contributed by atoms with Crippen LogP contribution in [0.25, 0.3) is 34.0 Å². The molecular formula is C16H13N5O2S. The summed E-state index contributed by atoms with van der Waals surface area (Å²) in [5.41, 5.74) is 4.82. The molecule has 7 nitrogen and oxygen atoms in total. The first kappa shape index (κ1) is 13.7. The topological polar surface area (TPSA) is 89.6 Å². The Balaban J connectivity index is 1.54. The lowest BCUT2D eigenvalue weighted by Gasteiger charge is -2.01. The van der Waals surface area contributed by atoms with Gasteiger partial charge >= 0.3 is 5.69 Å². The van der Waals surface area contributed by atoms with Gasteiger partial charge in [0.15, 0.2) is 0 Å². The highest BCUT2D eigenvalue weighted by Crippen LogP contribution is 2.31. The third-order valence-corrected chi connectivity index (χ3v) is 4.83. The first-order valence-corrected chi connectivity index (χ1v) is 8.67. The van der Waals surface area contributed by atoms with E-state index in [9.17, 15) is 4.79 Å². The number of nitrogens with zero attached hydrogens (tertiary/aromatic N) is 4. The Morgan fingerprint density at radius 1 is 1.38 bits per heavy atom. The Kier molecular flexibility index (Phi) is 2.93. The van der Waals surface area contributed by atoms with Crippen molar-refractivity contribution in [3.05, 3.63) is 39.6 Å². The number of hydrogen-bond acceptors (Lipinski definition) is 6. The molecule has 0 unspecified atom stereocenters. The van der Waals surface area contributed by atoms with Gasteiger partial charge in [-0.3, -0.25) is 4.57 Å². The first-order chi connectivity index (χ1) is 11.8. The van der Waals surface area contributed by atoms with Gasteiger partial charge in [0.1, 0.15) is 5.69 Å². The maximum absolute atomic E-state index is 12.2. The molecule has 3 aromatic heterocycles. The van der Waals surface area contributed by atoms with Crippen molar-refractivity contribution in [3.63, 3.8) is 0 Å². The molecule has 0 saturated heterocycles. The minimum atomic E-state index is -0.0669. The smallest absolute Gasteiger partial charge is 0.326 e. The number of benzene rings is 1. The molecule has 120 valence electrons. The van der Waals surface area contributed by atoms with Crippen LogP contribution in [0.1, 0.15) is 12.8 Å². The summed E-state index contributed by atoms with van der Waals surface area (Å²) in [5.74, 6) is 1.51. The zero-order chi connectivity index (χ0) is 16.1. The molecule has 0 bridgehead atoms. The second kappa shape index (κ2) is 5.13. The van der Waals surface area contributed by atoms with Crippen molar-refractivity contribution >= 4 is 22.4 Å². The maximum atomic E-state index is 12.2. The third kappa shape index (κ3) is 2.26. The standard InChI is InChI=1S/C16H13N5O2S/c22-16-18-11-5-10(3-4-13(11)21(16)6-9-1-2-9)15-19-14(20-23-15)12-7-24-8-17-12/h3-5,7-9H,1-2,6H2,(H,18,22). The van der Waals surface area contributed by atoms with Crippen LogP contribution in [-0.2, 0) is 6.54 Å². The van der Waals surface area contributed by atoms with Crippen molar-refractivity contribution in [1.29, 1.82) is 0 Å². The van der Waals surface area contributed by atoms with E-state index >= 15 is 0 Å². The van der Waals surface area contributed by atoms with Gasteiger partial charge in [0, 0.05) is 17.5 Å². The van der Waals surface area contributed by atoms with Gasteiger partial charge in [-0.25, -0.2) is 9.78 Å². The van der Waals surface area contributed by atoms with Crippen molar-refractivity contribution in [2.75, 3.05) is 0 Å². The molecule has 5 rings (SSSR count). The Morgan fingerprint density at radius 3 is 3.08 bits per heavy atom. The van der Waals surface area contributed by atoms with Crippen molar-refractivity contribution in [2.24, 2.45) is 5.92 Å². The van der Waals surface area contributed by atoms with Crippen molar-refractivity contribution in [1.82, 2.24) is 24.7 Å². The molecule has 4 aromatic rings. The number of rotatable bonds is 4. The van der Waals surface area contributed by atoms with E-state index in [4.69, 9.17) is 4.52 Å². The van der Waals surface area contributed by atoms with E-state index in [2.05, 4.69) is 20.1 Å². The SMILES string of the molecule is O=c1[nH]c2cc(-c3nc(-c4cscn4)no3)ccc2n1CC1CC1. The van der Waals surface area contributed by atoms with E-state index in [0.717, 1.165) is 23.1 Å². The zero-order valence-electron chi connectivity index (χ0n) is 12.6. The molecule has 3 heterocycles. The van der Waals surface area contributed by atoms with Crippen LogP contribution in [0.5, 0.6) is 0 Å². The number of fused-ring (bicyclic) bond motifs is 1. The van der Waals surface area contributed by atoms with E-state index in [1.54, 1.807) is 5.51 Å². The Hall–Kier alpha value is -2.74. The van der Waals surface area contributed by atoms with Gasteiger partial charge in [0.25, 0.3) is 5.89 Å². The highest BCUT2D eigenvalue weighted by Gasteiger charge is 2.23. The normalized spacial score (nSPS) is 14.5. The summed E-state index contributed by atoms with van der Waals surface area (Å²) in [6.07, 6.45) is 2.41. The van der Waals surface area contributed by atoms with Gasteiger partial charge < -0.3 is 9.51 Å². The summed E-state index contributed by atoms with van der Waals surface area (Å²) in [7, 11) is 0. The Morgan fingerprint density at radius 2 is 2.29 bits per heavy atom. The predicted octanol–water partition coefficient (Wildman–Crippen LogP) is 2.91. The molecule has 0 atom stereocenters. The van der Waals surface area contributed by atoms with E-state index in [1.165, 1.54) is 24.2 Å². The van der Waals surface area contributed by atoms with E-state index in [1.807, 2.05) is 28.1 Å². The van der Waals surface area contributed by atoms with Crippen LogP contribution < -0.4 is 5.69 Å². The molecule has 1 N–H and O–H groups in total. The fourth-order valence-electron chi connectivity index (χ4n) is 2.80. The lowest BCUT2D eigenvalue weighted by molar-refractivity contribution is 0.432. The van der Waals surface area contributed by atoms with Crippen LogP contribution in [0.3, 0.4) is 0 Å². The van der Waals surface area contributed by atoms with Crippen LogP contribution in [-0.4, -0.2) is 24.7 Å². The summed E-state index contributed by atoms with van der Waals surface area (Å²) in [6.45, 7) is 0.784. The summed E-state index contributed by atoms with van der Waals surface area (Å²) < 4.78 is 7.15. The number of hydrogen-bond donors (Lipinski definition) is 1. The van der Waals surface area contributed by atoms with E-state index in [0.29, 0.717) is 23.3 Å². The highest BCUT2D eigenvalue weighted by molar-refractivity contribution is 7.07. The second-order valence-electron chi connectivity index (χ2n) is 6.01. The fourth-order valence-corrected chi connectivity index (χ4v) is 3.33. The Bertz CT molecular complexity index is 1070. The van der Waals surface area contributed by atoms with Crippen LogP contribution >= 0.6 is 11.3 Å². The number of aromatic nitrogens is 5. The van der Waals surface area contributed by atoms with Crippen LogP contribution in [0.4, 0.5) is 0 Å². The first-order valence-electron chi connectivity index (χ1n) is 7.73. The molecular weight excluding hydrogens is 326 g/mol. The molecule has 0 spiro atoms. The molecule has 1 aliphatic rings. The summed E-state index contributed by atoms with van der Waals surface area (Å²) in [4.78, 5) is 23.6. The number of imidazole rings is 1. The van der Waals surface area contributed by atoms with Crippen molar-refractivity contribution in [2.45, 2.75) is 19.4 Å². The number of nitrogens with one attached hydrogen (secondary N) is 1. The van der Waals surface area contributed by atoms with Crippen LogP contribution in [0.15, 0.2) is 38.4 Å².